The van der Waals surface area contributed by atoms with Gasteiger partial charge in [0.25, 0.3) is 5.69 Å². The second-order valence-electron chi connectivity index (χ2n) is 7.31. The first kappa shape index (κ1) is 20.6. The van der Waals surface area contributed by atoms with Crippen molar-refractivity contribution in [3.63, 3.8) is 0 Å². The van der Waals surface area contributed by atoms with E-state index in [9.17, 15) is 18.5 Å². The Labute approximate surface area is 168 Å². The van der Waals surface area contributed by atoms with Crippen molar-refractivity contribution in [1.82, 2.24) is 14.4 Å². The van der Waals surface area contributed by atoms with Crippen molar-refractivity contribution < 1.29 is 17.9 Å². The third-order valence-electron chi connectivity index (χ3n) is 4.16. The normalized spacial score (nSPS) is 12.3. The Morgan fingerprint density at radius 2 is 1.69 bits per heavy atom. The Morgan fingerprint density at radius 1 is 1.07 bits per heavy atom. The zero-order valence-electron chi connectivity index (χ0n) is 16.1. The van der Waals surface area contributed by atoms with Gasteiger partial charge in [-0.3, -0.25) is 10.1 Å². The van der Waals surface area contributed by atoms with Gasteiger partial charge in [-0.05, 0) is 32.9 Å². The number of hydrogen-bond donors (Lipinski definition) is 0. The van der Waals surface area contributed by atoms with Crippen molar-refractivity contribution in [2.75, 3.05) is 0 Å². The van der Waals surface area contributed by atoms with Crippen LogP contribution in [0.15, 0.2) is 64.0 Å². The molecule has 3 aromatic rings. The van der Waals surface area contributed by atoms with E-state index in [0.717, 1.165) is 17.7 Å². The molecular formula is C19H20N4O5S. The van der Waals surface area contributed by atoms with Crippen LogP contribution in [0.1, 0.15) is 26.7 Å². The lowest BCUT2D eigenvalue weighted by atomic mass is 10.1. The van der Waals surface area contributed by atoms with Crippen LogP contribution in [0.4, 0.5) is 5.69 Å². The SMILES string of the molecule is CC(C)(C)N(Cc1nc(-c2ccccc2)no1)S(=O)(=O)c1ccc([N+](=O)[O-])cc1. The Hall–Kier alpha value is -3.11. The molecule has 0 bridgehead atoms. The number of non-ortho nitro benzene ring substituents is 1. The summed E-state index contributed by atoms with van der Waals surface area (Å²) in [5.74, 6) is 0.506. The van der Waals surface area contributed by atoms with Crippen molar-refractivity contribution in [2.45, 2.75) is 37.8 Å². The first-order chi connectivity index (χ1) is 13.6. The average Bonchev–Trinajstić information content (AvgIpc) is 3.15. The fraction of sp³-hybridized carbons (Fsp3) is 0.263. The molecule has 0 spiro atoms. The molecular weight excluding hydrogens is 396 g/mol. The minimum atomic E-state index is -3.97. The second kappa shape index (κ2) is 7.72. The standard InChI is InChI=1S/C19H20N4O5S/c1-19(2,3)22(29(26,27)16-11-9-15(10-12-16)23(24)25)13-17-20-18(21-28-17)14-7-5-4-6-8-14/h4-12H,13H2,1-3H3. The lowest BCUT2D eigenvalue weighted by Crippen LogP contribution is -2.45. The molecule has 0 aliphatic heterocycles. The maximum Gasteiger partial charge on any atom is 0.269 e. The largest absolute Gasteiger partial charge is 0.338 e. The van der Waals surface area contributed by atoms with Gasteiger partial charge < -0.3 is 4.52 Å². The number of nitrogens with zero attached hydrogens (tertiary/aromatic N) is 4. The zero-order valence-corrected chi connectivity index (χ0v) is 17.0. The van der Waals surface area contributed by atoms with Crippen molar-refractivity contribution >= 4 is 15.7 Å². The predicted molar refractivity (Wildman–Crippen MR) is 105 cm³/mol. The monoisotopic (exact) mass is 416 g/mol. The van der Waals surface area contributed by atoms with E-state index >= 15 is 0 Å². The molecule has 0 N–H and O–H groups in total. The van der Waals surface area contributed by atoms with Crippen molar-refractivity contribution in [3.05, 3.63) is 70.6 Å². The molecule has 0 aliphatic rings. The van der Waals surface area contributed by atoms with Crippen LogP contribution in [0.3, 0.4) is 0 Å². The molecule has 9 nitrogen and oxygen atoms in total. The molecule has 152 valence electrons. The van der Waals surface area contributed by atoms with Crippen molar-refractivity contribution in [3.8, 4) is 11.4 Å². The highest BCUT2D eigenvalue weighted by Crippen LogP contribution is 2.28. The fourth-order valence-corrected chi connectivity index (χ4v) is 4.43. The highest BCUT2D eigenvalue weighted by molar-refractivity contribution is 7.89. The van der Waals surface area contributed by atoms with Gasteiger partial charge >= 0.3 is 0 Å². The van der Waals surface area contributed by atoms with Crippen LogP contribution >= 0.6 is 0 Å². The van der Waals surface area contributed by atoms with Crippen LogP contribution in [-0.4, -0.2) is 33.3 Å². The van der Waals surface area contributed by atoms with E-state index in [4.69, 9.17) is 4.52 Å². The third-order valence-corrected chi connectivity index (χ3v) is 6.29. The first-order valence-corrected chi connectivity index (χ1v) is 10.2. The molecule has 10 heteroatoms. The Morgan fingerprint density at radius 3 is 2.24 bits per heavy atom. The van der Waals surface area contributed by atoms with Crippen LogP contribution in [-0.2, 0) is 16.6 Å². The third kappa shape index (κ3) is 4.49. The highest BCUT2D eigenvalue weighted by Gasteiger charge is 2.35. The summed E-state index contributed by atoms with van der Waals surface area (Å²) in [6, 6.07) is 13.9. The Bertz CT molecular complexity index is 1100. The predicted octanol–water partition coefficient (Wildman–Crippen LogP) is 3.63. The molecule has 0 fully saturated rings. The van der Waals surface area contributed by atoms with Crippen LogP contribution < -0.4 is 0 Å². The first-order valence-electron chi connectivity index (χ1n) is 8.74. The van der Waals surface area contributed by atoms with Gasteiger partial charge in [0, 0.05) is 23.2 Å². The van der Waals surface area contributed by atoms with Crippen molar-refractivity contribution in [1.29, 1.82) is 0 Å². The van der Waals surface area contributed by atoms with Gasteiger partial charge in [-0.25, -0.2) is 8.42 Å². The van der Waals surface area contributed by atoms with E-state index < -0.39 is 20.5 Å². The number of aromatic nitrogens is 2. The topological polar surface area (TPSA) is 119 Å². The summed E-state index contributed by atoms with van der Waals surface area (Å²) >= 11 is 0. The number of nitro benzene ring substituents is 1. The van der Waals surface area contributed by atoms with Crippen LogP contribution in [0.25, 0.3) is 11.4 Å². The summed E-state index contributed by atoms with van der Waals surface area (Å²) in [4.78, 5) is 14.5. The smallest absolute Gasteiger partial charge is 0.269 e. The van der Waals surface area contributed by atoms with Gasteiger partial charge in [0.15, 0.2) is 0 Å². The van der Waals surface area contributed by atoms with Gasteiger partial charge in [0.05, 0.1) is 16.4 Å². The maximum absolute atomic E-state index is 13.2. The molecule has 0 aliphatic carbocycles. The average molecular weight is 416 g/mol. The summed E-state index contributed by atoms with van der Waals surface area (Å²) in [6.45, 7) is 5.09. The number of benzene rings is 2. The summed E-state index contributed by atoms with van der Waals surface area (Å²) in [5, 5.41) is 14.8. The van der Waals surface area contributed by atoms with Gasteiger partial charge in [0.1, 0.15) is 0 Å². The number of hydrogen-bond acceptors (Lipinski definition) is 7. The fourth-order valence-electron chi connectivity index (χ4n) is 2.70. The number of nitro groups is 1. The molecule has 1 aromatic heterocycles. The quantitative estimate of drug-likeness (QED) is 0.444. The van der Waals surface area contributed by atoms with E-state index in [1.165, 1.54) is 16.4 Å². The lowest BCUT2D eigenvalue weighted by molar-refractivity contribution is -0.384. The van der Waals surface area contributed by atoms with E-state index in [0.29, 0.717) is 5.82 Å². The van der Waals surface area contributed by atoms with E-state index in [-0.39, 0.29) is 23.0 Å². The summed E-state index contributed by atoms with van der Waals surface area (Å²) in [6.07, 6.45) is 0. The Kier molecular flexibility index (Phi) is 5.49. The summed E-state index contributed by atoms with van der Waals surface area (Å²) in [5.41, 5.74) is -0.235. The highest BCUT2D eigenvalue weighted by atomic mass is 32.2. The molecule has 0 radical (unpaired) electrons. The molecule has 0 unspecified atom stereocenters. The molecule has 0 saturated heterocycles. The lowest BCUT2D eigenvalue weighted by Gasteiger charge is -2.33. The van der Waals surface area contributed by atoms with E-state index in [1.54, 1.807) is 20.8 Å². The minimum absolute atomic E-state index is 0.0548. The van der Waals surface area contributed by atoms with Crippen LogP contribution in [0.2, 0.25) is 0 Å². The summed E-state index contributed by atoms with van der Waals surface area (Å²) in [7, 11) is -3.97. The van der Waals surface area contributed by atoms with Gasteiger partial charge in [-0.1, -0.05) is 35.5 Å². The zero-order chi connectivity index (χ0) is 21.2. The van der Waals surface area contributed by atoms with Gasteiger partial charge in [0.2, 0.25) is 21.7 Å². The second-order valence-corrected chi connectivity index (χ2v) is 9.17. The van der Waals surface area contributed by atoms with Crippen molar-refractivity contribution in [2.24, 2.45) is 0 Å². The minimum Gasteiger partial charge on any atom is -0.338 e. The summed E-state index contributed by atoms with van der Waals surface area (Å²) < 4.78 is 32.9. The molecule has 0 saturated carbocycles. The van der Waals surface area contributed by atoms with Gasteiger partial charge in [-0.15, -0.1) is 0 Å². The molecule has 0 atom stereocenters. The van der Waals surface area contributed by atoms with E-state index in [1.807, 2.05) is 30.3 Å². The Balaban J connectivity index is 1.92. The molecule has 2 aromatic carbocycles. The van der Waals surface area contributed by atoms with Crippen LogP contribution in [0, 0.1) is 10.1 Å². The molecule has 0 amide bonds. The maximum atomic E-state index is 13.2. The number of rotatable bonds is 6. The molecule has 3 rings (SSSR count). The van der Waals surface area contributed by atoms with Gasteiger partial charge in [-0.2, -0.15) is 9.29 Å². The van der Waals surface area contributed by atoms with Crippen LogP contribution in [0.5, 0.6) is 0 Å². The number of sulfonamides is 1. The molecule has 1 heterocycles. The molecule has 29 heavy (non-hydrogen) atoms. The van der Waals surface area contributed by atoms with E-state index in [2.05, 4.69) is 10.1 Å².